The van der Waals surface area contributed by atoms with E-state index >= 15 is 0 Å². The summed E-state index contributed by atoms with van der Waals surface area (Å²) in [6.45, 7) is 9.23. The van der Waals surface area contributed by atoms with Crippen molar-refractivity contribution in [2.75, 3.05) is 5.23 Å². The third-order valence-electron chi connectivity index (χ3n) is 3.55. The molecular weight excluding hydrogens is 359 g/mol. The normalized spacial score (nSPS) is 11.0. The number of carbonyl (C=O) groups is 2. The molecule has 0 aromatic carbocycles. The molecule has 2 heterocycles. The largest absolute Gasteiger partial charge is 0.460 e. The van der Waals surface area contributed by atoms with Gasteiger partial charge in [-0.3, -0.25) is 4.79 Å². The Kier molecular flexibility index (Phi) is 6.51. The molecule has 2 aromatic rings. The average molecular weight is 382 g/mol. The molecule has 9 nitrogen and oxygen atoms in total. The van der Waals surface area contributed by atoms with Crippen molar-refractivity contribution >= 4 is 25.4 Å². The number of esters is 1. The van der Waals surface area contributed by atoms with Crippen LogP contribution in [0.5, 0.6) is 0 Å². The van der Waals surface area contributed by atoms with Crippen LogP contribution in [0.1, 0.15) is 51.8 Å². The fourth-order valence-corrected chi connectivity index (χ4v) is 2.49. The van der Waals surface area contributed by atoms with Crippen molar-refractivity contribution in [1.29, 1.82) is 5.26 Å². The second-order valence-electron chi connectivity index (χ2n) is 7.45. The van der Waals surface area contributed by atoms with Gasteiger partial charge in [0.1, 0.15) is 34.9 Å². The van der Waals surface area contributed by atoms with Crippen LogP contribution in [0.15, 0.2) is 12.4 Å². The van der Waals surface area contributed by atoms with Crippen molar-refractivity contribution in [3.63, 3.8) is 0 Å². The zero-order valence-electron chi connectivity index (χ0n) is 16.7. The molecule has 28 heavy (non-hydrogen) atoms. The number of ether oxygens (including phenoxy) is 1. The van der Waals surface area contributed by atoms with Gasteiger partial charge in [-0.15, -0.1) is 0 Å². The van der Waals surface area contributed by atoms with E-state index in [9.17, 15) is 14.9 Å². The number of anilines is 1. The lowest BCUT2D eigenvalue weighted by Gasteiger charge is -2.19. The first-order valence-electron chi connectivity index (χ1n) is 8.89. The van der Waals surface area contributed by atoms with E-state index in [1.54, 1.807) is 25.5 Å². The molecule has 0 aliphatic carbocycles. The van der Waals surface area contributed by atoms with Crippen LogP contribution < -0.4 is 5.23 Å². The molecule has 2 rings (SSSR count). The number of nitrogens with zero attached hydrogens (tertiary/aromatic N) is 5. The van der Waals surface area contributed by atoms with E-state index in [1.807, 2.05) is 13.8 Å². The predicted molar refractivity (Wildman–Crippen MR) is 105 cm³/mol. The maximum Gasteiger partial charge on any atom is 0.310 e. The molecule has 0 fully saturated rings. The van der Waals surface area contributed by atoms with Crippen LogP contribution in [0.4, 0.5) is 5.82 Å². The number of aromatic nitrogens is 4. The first kappa shape index (κ1) is 21.1. The van der Waals surface area contributed by atoms with Crippen LogP contribution in [0.3, 0.4) is 0 Å². The van der Waals surface area contributed by atoms with E-state index in [0.29, 0.717) is 23.3 Å². The summed E-state index contributed by atoms with van der Waals surface area (Å²) < 4.78 is 6.91. The van der Waals surface area contributed by atoms with Gasteiger partial charge in [0.15, 0.2) is 5.82 Å². The Morgan fingerprint density at radius 1 is 1.39 bits per heavy atom. The van der Waals surface area contributed by atoms with Crippen LogP contribution in [-0.2, 0) is 20.7 Å². The Morgan fingerprint density at radius 2 is 2.04 bits per heavy atom. The minimum Gasteiger partial charge on any atom is -0.460 e. The molecule has 0 saturated heterocycles. The molecule has 0 spiro atoms. The number of nitriles is 1. The van der Waals surface area contributed by atoms with E-state index in [-0.39, 0.29) is 37.2 Å². The quantitative estimate of drug-likeness (QED) is 0.435. The number of carbonyl (C=O) groups excluding carboxylic acids is 2. The van der Waals surface area contributed by atoms with Crippen LogP contribution in [0.2, 0.25) is 0 Å². The molecule has 0 radical (unpaired) electrons. The number of hydrogen-bond donors (Lipinski definition) is 1. The monoisotopic (exact) mass is 382 g/mol. The molecule has 0 aliphatic heterocycles. The van der Waals surface area contributed by atoms with E-state index < -0.39 is 5.60 Å². The van der Waals surface area contributed by atoms with Gasteiger partial charge < -0.3 is 14.8 Å². The zero-order valence-corrected chi connectivity index (χ0v) is 16.7. The van der Waals surface area contributed by atoms with Gasteiger partial charge >= 0.3 is 13.4 Å². The number of rotatable bonds is 7. The Hall–Kier alpha value is -3.22. The molecular formula is C18H23BN6O3. The molecule has 146 valence electrons. The summed E-state index contributed by atoms with van der Waals surface area (Å²) in [6.07, 6.45) is 3.79. The van der Waals surface area contributed by atoms with Crippen molar-refractivity contribution in [3.8, 4) is 17.6 Å². The van der Waals surface area contributed by atoms with Gasteiger partial charge in [-0.1, -0.05) is 0 Å². The van der Waals surface area contributed by atoms with Gasteiger partial charge in [0, 0.05) is 18.4 Å². The van der Waals surface area contributed by atoms with Gasteiger partial charge in [0.05, 0.1) is 6.42 Å². The molecule has 0 amide bonds. The zero-order chi connectivity index (χ0) is 20.9. The topological polar surface area (TPSA) is 123 Å². The first-order chi connectivity index (χ1) is 13.2. The van der Waals surface area contributed by atoms with Crippen molar-refractivity contribution < 1.29 is 14.3 Å². The third-order valence-corrected chi connectivity index (χ3v) is 3.55. The highest BCUT2D eigenvalue weighted by Crippen LogP contribution is 2.28. The third kappa shape index (κ3) is 5.16. The van der Waals surface area contributed by atoms with E-state index in [4.69, 9.17) is 4.74 Å². The summed E-state index contributed by atoms with van der Waals surface area (Å²) in [5.41, 5.74) is 0.608. The smallest absolute Gasteiger partial charge is 0.310 e. The summed E-state index contributed by atoms with van der Waals surface area (Å²) >= 11 is 0. The van der Waals surface area contributed by atoms with E-state index in [0.717, 1.165) is 0 Å². The number of nitrogens with one attached hydrogen (secondary N) is 1. The lowest BCUT2D eigenvalue weighted by molar-refractivity contribution is -0.153. The second-order valence-corrected chi connectivity index (χ2v) is 7.45. The van der Waals surface area contributed by atoms with Crippen molar-refractivity contribution in [3.05, 3.63) is 23.5 Å². The highest BCUT2D eigenvalue weighted by molar-refractivity contribution is 6.69. The van der Waals surface area contributed by atoms with Gasteiger partial charge in [0.2, 0.25) is 0 Å². The van der Waals surface area contributed by atoms with Crippen LogP contribution >= 0.6 is 0 Å². The standard InChI is InChI=1S/C18H23BN6O3/c1-11(2)25-17(23-19-10-26)13(7-20)15(24-25)16-21-8-12(9-22-16)6-14(27)28-18(3,4)5/h8-11,19,23H,6H2,1-5H3. The summed E-state index contributed by atoms with van der Waals surface area (Å²) in [4.78, 5) is 31.2. The highest BCUT2D eigenvalue weighted by atomic mass is 16.6. The van der Waals surface area contributed by atoms with Crippen LogP contribution in [0.25, 0.3) is 11.5 Å². The lowest BCUT2D eigenvalue weighted by Crippen LogP contribution is -2.25. The molecule has 0 bridgehead atoms. The molecule has 0 atom stereocenters. The van der Waals surface area contributed by atoms with Gasteiger partial charge in [-0.05, 0) is 40.2 Å². The summed E-state index contributed by atoms with van der Waals surface area (Å²) in [5, 5.41) is 16.9. The van der Waals surface area contributed by atoms with Crippen molar-refractivity contribution in [2.45, 2.75) is 52.7 Å². The minimum atomic E-state index is -0.561. The fourth-order valence-electron chi connectivity index (χ4n) is 2.49. The average Bonchev–Trinajstić information content (AvgIpc) is 2.97. The van der Waals surface area contributed by atoms with Gasteiger partial charge in [-0.2, -0.15) is 10.4 Å². The predicted octanol–water partition coefficient (Wildman–Crippen LogP) is 1.63. The summed E-state index contributed by atoms with van der Waals surface area (Å²) in [6, 6.07) is 2.06. The maximum absolute atomic E-state index is 11.9. The molecule has 0 aliphatic rings. The molecule has 10 heteroatoms. The highest BCUT2D eigenvalue weighted by Gasteiger charge is 2.23. The SMILES string of the molecule is CC(C)n1nc(-c2ncc(CC(=O)OC(C)(C)C)cn2)c(C#N)c1NBC=O. The van der Waals surface area contributed by atoms with E-state index in [2.05, 4.69) is 26.4 Å². The minimum absolute atomic E-state index is 0.0403. The fraction of sp³-hybridized carbons (Fsp3) is 0.444. The molecule has 0 saturated carbocycles. The summed E-state index contributed by atoms with van der Waals surface area (Å²) in [7, 11) is 0.0578. The Bertz CT molecular complexity index is 894. The second kappa shape index (κ2) is 8.65. The van der Waals surface area contributed by atoms with Crippen molar-refractivity contribution in [2.24, 2.45) is 0 Å². The van der Waals surface area contributed by atoms with Gasteiger partial charge in [-0.25, -0.2) is 14.6 Å². The Balaban J connectivity index is 2.31. The van der Waals surface area contributed by atoms with E-state index in [1.165, 1.54) is 12.4 Å². The first-order valence-corrected chi connectivity index (χ1v) is 8.89. The van der Waals surface area contributed by atoms with Crippen molar-refractivity contribution in [1.82, 2.24) is 19.7 Å². The molecule has 1 N–H and O–H groups in total. The molecule has 2 aromatic heterocycles. The number of hydrogen-bond acceptors (Lipinski definition) is 8. The molecule has 0 unspecified atom stereocenters. The van der Waals surface area contributed by atoms with Crippen LogP contribution in [-0.4, -0.2) is 44.9 Å². The lowest BCUT2D eigenvalue weighted by atomic mass is 9.98. The van der Waals surface area contributed by atoms with Crippen LogP contribution in [0, 0.1) is 11.3 Å². The Labute approximate surface area is 164 Å². The summed E-state index contributed by atoms with van der Waals surface area (Å²) in [5.74, 6) is 0.338. The Morgan fingerprint density at radius 3 is 2.54 bits per heavy atom. The maximum atomic E-state index is 11.9. The van der Waals surface area contributed by atoms with Gasteiger partial charge in [0.25, 0.3) is 0 Å².